The first-order valence-electron chi connectivity index (χ1n) is 13.6. The number of carbonyl (C=O) groups is 2. The molecule has 3 aromatic rings. The van der Waals surface area contributed by atoms with Crippen LogP contribution in [-0.2, 0) is 25.8 Å². The van der Waals surface area contributed by atoms with Gasteiger partial charge in [-0.15, -0.1) is 0 Å². The normalized spacial score (nSPS) is 20.7. The van der Waals surface area contributed by atoms with Crippen LogP contribution in [0.15, 0.2) is 48.5 Å². The summed E-state index contributed by atoms with van der Waals surface area (Å²) < 4.78 is 34.8. The van der Waals surface area contributed by atoms with Crippen LogP contribution >= 0.6 is 0 Å². The Hall–Kier alpha value is -3.72. The van der Waals surface area contributed by atoms with Crippen molar-refractivity contribution in [2.24, 2.45) is 5.92 Å². The number of ether oxygens (including phenoxy) is 2. The summed E-state index contributed by atoms with van der Waals surface area (Å²) in [6.07, 6.45) is 3.97. The van der Waals surface area contributed by atoms with E-state index in [9.17, 15) is 18.0 Å². The number of allylic oxidation sites excluding steroid dienone is 1. The lowest BCUT2D eigenvalue weighted by atomic mass is 9.80. The lowest BCUT2D eigenvalue weighted by molar-refractivity contribution is -0.136. The molecular weight excluding hydrogens is 528 g/mol. The van der Waals surface area contributed by atoms with Gasteiger partial charge >= 0.3 is 5.97 Å². The van der Waals surface area contributed by atoms with E-state index in [1.54, 1.807) is 14.0 Å². The highest BCUT2D eigenvalue weighted by Crippen LogP contribution is 2.39. The van der Waals surface area contributed by atoms with E-state index < -0.39 is 28.3 Å². The summed E-state index contributed by atoms with van der Waals surface area (Å²) in [5.41, 5.74) is 4.76. The molecule has 210 valence electrons. The van der Waals surface area contributed by atoms with Crippen LogP contribution in [-0.4, -0.2) is 68.0 Å². The van der Waals surface area contributed by atoms with Crippen LogP contribution in [0.5, 0.6) is 5.75 Å². The van der Waals surface area contributed by atoms with E-state index in [0.29, 0.717) is 35.9 Å². The van der Waals surface area contributed by atoms with Gasteiger partial charge in [0.25, 0.3) is 5.91 Å². The van der Waals surface area contributed by atoms with Gasteiger partial charge in [0, 0.05) is 18.0 Å². The molecule has 0 saturated carbocycles. The summed E-state index contributed by atoms with van der Waals surface area (Å²) in [5, 5.41) is 0.686. The number of hydrogen-bond acceptors (Lipinski definition) is 7. The second-order valence-corrected chi connectivity index (χ2v) is 12.8. The maximum Gasteiger partial charge on any atom is 0.339 e. The molecule has 1 aliphatic heterocycles. The van der Waals surface area contributed by atoms with Crippen molar-refractivity contribution in [2.45, 2.75) is 39.2 Å². The van der Waals surface area contributed by atoms with Gasteiger partial charge in [0.05, 0.1) is 35.4 Å². The Bertz CT molecular complexity index is 1580. The largest absolute Gasteiger partial charge is 0.497 e. The number of para-hydroxylation sites is 1. The number of pyridine rings is 1. The molecule has 0 radical (unpaired) electrons. The summed E-state index contributed by atoms with van der Waals surface area (Å²) in [6.45, 7) is 3.85. The van der Waals surface area contributed by atoms with Crippen molar-refractivity contribution < 1.29 is 27.5 Å². The number of rotatable bonds is 7. The average Bonchev–Trinajstić information content (AvgIpc) is 3.30. The highest BCUT2D eigenvalue weighted by atomic mass is 32.2. The molecule has 2 heterocycles. The Balaban J connectivity index is 1.47. The smallest absolute Gasteiger partial charge is 0.339 e. The first-order valence-corrected chi connectivity index (χ1v) is 15.4. The number of nitrogens with zero attached hydrogens (tertiary/aromatic N) is 2. The van der Waals surface area contributed by atoms with E-state index in [-0.39, 0.29) is 23.5 Å². The van der Waals surface area contributed by atoms with Crippen molar-refractivity contribution in [3.63, 3.8) is 0 Å². The topological polar surface area (TPSA) is 103 Å². The van der Waals surface area contributed by atoms with Crippen LogP contribution in [0.2, 0.25) is 0 Å². The van der Waals surface area contributed by atoms with Crippen LogP contribution in [0.3, 0.4) is 0 Å². The Morgan fingerprint density at radius 2 is 1.85 bits per heavy atom. The number of hydrogen-bond donors (Lipinski definition) is 0. The molecule has 2 aliphatic rings. The van der Waals surface area contributed by atoms with Gasteiger partial charge in [-0.1, -0.05) is 37.3 Å². The molecule has 1 amide bonds. The Kier molecular flexibility index (Phi) is 7.94. The number of benzene rings is 2. The van der Waals surface area contributed by atoms with Crippen LogP contribution in [0, 0.1) is 5.92 Å². The van der Waals surface area contributed by atoms with Crippen molar-refractivity contribution in [1.82, 2.24) is 9.88 Å². The maximum absolute atomic E-state index is 13.7. The van der Waals surface area contributed by atoms with Crippen LogP contribution in [0.25, 0.3) is 22.6 Å². The summed E-state index contributed by atoms with van der Waals surface area (Å²) in [6, 6.07) is 14.9. The fourth-order valence-electron chi connectivity index (χ4n) is 5.81. The monoisotopic (exact) mass is 562 g/mol. The number of amides is 1. The van der Waals surface area contributed by atoms with Gasteiger partial charge < -0.3 is 14.4 Å². The third-order valence-electron chi connectivity index (χ3n) is 7.72. The number of aromatic nitrogens is 1. The van der Waals surface area contributed by atoms with Gasteiger partial charge in [0.15, 0.2) is 16.4 Å². The molecular formula is C31H34N2O6S. The molecule has 1 aromatic heterocycles. The lowest BCUT2D eigenvalue weighted by Gasteiger charge is -2.28. The molecule has 2 aromatic carbocycles. The highest BCUT2D eigenvalue weighted by molar-refractivity contribution is 7.91. The number of methoxy groups -OCH3 is 1. The Morgan fingerprint density at radius 1 is 1.10 bits per heavy atom. The first-order chi connectivity index (χ1) is 19.2. The summed E-state index contributed by atoms with van der Waals surface area (Å²) in [7, 11) is -1.52. The number of carbonyl (C=O) groups excluding carboxylic acids is 2. The van der Waals surface area contributed by atoms with Gasteiger partial charge in [-0.05, 0) is 73.1 Å². The van der Waals surface area contributed by atoms with Crippen LogP contribution < -0.4 is 4.74 Å². The number of sulfone groups is 1. The third kappa shape index (κ3) is 5.75. The van der Waals surface area contributed by atoms with Crippen molar-refractivity contribution in [3.05, 3.63) is 70.9 Å². The van der Waals surface area contributed by atoms with Crippen molar-refractivity contribution in [1.29, 1.82) is 0 Å². The fourth-order valence-corrected chi connectivity index (χ4v) is 7.54. The van der Waals surface area contributed by atoms with Crippen molar-refractivity contribution >= 4 is 44.3 Å². The van der Waals surface area contributed by atoms with E-state index in [0.717, 1.165) is 34.6 Å². The average molecular weight is 563 g/mol. The van der Waals surface area contributed by atoms with Gasteiger partial charge in [-0.3, -0.25) is 4.79 Å². The van der Waals surface area contributed by atoms with E-state index in [1.807, 2.05) is 48.5 Å². The molecule has 1 saturated heterocycles. The molecule has 0 bridgehead atoms. The van der Waals surface area contributed by atoms with Crippen LogP contribution in [0.1, 0.15) is 53.9 Å². The second-order valence-electron chi connectivity index (χ2n) is 10.6. The van der Waals surface area contributed by atoms with Gasteiger partial charge in [0.1, 0.15) is 5.75 Å². The zero-order valence-corrected chi connectivity index (χ0v) is 23.9. The lowest BCUT2D eigenvalue weighted by Crippen LogP contribution is -2.43. The van der Waals surface area contributed by atoms with E-state index in [4.69, 9.17) is 14.5 Å². The number of fused-ring (bicyclic) bond motifs is 2. The summed E-state index contributed by atoms with van der Waals surface area (Å²) in [4.78, 5) is 33.2. The minimum absolute atomic E-state index is 0.0514. The van der Waals surface area contributed by atoms with Crippen molar-refractivity contribution in [3.8, 4) is 5.75 Å². The van der Waals surface area contributed by atoms with Gasteiger partial charge in [0.2, 0.25) is 0 Å². The van der Waals surface area contributed by atoms with E-state index in [1.165, 1.54) is 4.90 Å². The predicted octanol–water partition coefficient (Wildman–Crippen LogP) is 4.56. The maximum atomic E-state index is 13.7. The number of esters is 1. The Labute approximate surface area is 234 Å². The zero-order valence-electron chi connectivity index (χ0n) is 23.1. The molecule has 40 heavy (non-hydrogen) atoms. The van der Waals surface area contributed by atoms with Gasteiger partial charge in [-0.25, -0.2) is 18.2 Å². The molecule has 9 heteroatoms. The molecule has 0 spiro atoms. The minimum atomic E-state index is -3.15. The molecule has 1 aliphatic carbocycles. The molecule has 5 rings (SSSR count). The standard InChI is InChI=1S/C31H34N2O6S/c1-4-33(23-13-14-40(36,37)19-23)28(34)18-39-31(35)29-25-7-5-6-8-27(25)32-30-22(15-20(2)16-26(29)30)17-21-9-11-24(38-3)12-10-21/h5-12,17,20,23H,4,13-16,18-19H2,1-3H3/b22-17-. The Morgan fingerprint density at radius 3 is 2.52 bits per heavy atom. The van der Waals surface area contributed by atoms with Gasteiger partial charge in [-0.2, -0.15) is 0 Å². The minimum Gasteiger partial charge on any atom is -0.497 e. The van der Waals surface area contributed by atoms with E-state index >= 15 is 0 Å². The molecule has 2 atom stereocenters. The predicted molar refractivity (Wildman–Crippen MR) is 155 cm³/mol. The molecule has 1 fully saturated rings. The van der Waals surface area contributed by atoms with E-state index in [2.05, 4.69) is 13.0 Å². The summed E-state index contributed by atoms with van der Waals surface area (Å²) in [5.74, 6) is 0.104. The van der Waals surface area contributed by atoms with Crippen LogP contribution in [0.4, 0.5) is 0 Å². The molecule has 0 N–H and O–H groups in total. The molecule has 2 unspecified atom stereocenters. The summed E-state index contributed by atoms with van der Waals surface area (Å²) >= 11 is 0. The fraction of sp³-hybridized carbons (Fsp3) is 0.387. The first kappa shape index (κ1) is 27.8. The highest BCUT2D eigenvalue weighted by Gasteiger charge is 2.35. The second kappa shape index (κ2) is 11.4. The SMILES string of the molecule is CCN(C(=O)COC(=O)c1c2c(nc3ccccc13)/C(=C\c1ccc(OC)cc1)CC(C)C2)C1CCS(=O)(=O)C1. The molecule has 8 nitrogen and oxygen atoms in total. The quantitative estimate of drug-likeness (QED) is 0.389. The number of likely N-dealkylation sites (N-methyl/N-ethyl adjacent to an activating group) is 1. The third-order valence-corrected chi connectivity index (χ3v) is 9.47. The van der Waals surface area contributed by atoms with Crippen molar-refractivity contribution in [2.75, 3.05) is 31.8 Å². The zero-order chi connectivity index (χ0) is 28.4.